The molecule has 1 amide bonds. The topological polar surface area (TPSA) is 81.6 Å². The average Bonchev–Trinajstić information content (AvgIpc) is 2.95. The molecule has 20 heavy (non-hydrogen) atoms. The molecule has 2 rings (SSSR count). The fourth-order valence-electron chi connectivity index (χ4n) is 2.41. The van der Waals surface area contributed by atoms with Crippen molar-refractivity contribution >= 4 is 17.5 Å². The van der Waals surface area contributed by atoms with Crippen molar-refractivity contribution in [2.75, 3.05) is 43.6 Å². The van der Waals surface area contributed by atoms with Crippen molar-refractivity contribution in [1.29, 1.82) is 0 Å². The van der Waals surface area contributed by atoms with E-state index >= 15 is 0 Å². The lowest BCUT2D eigenvalue weighted by atomic mass is 10.2. The third-order valence-corrected chi connectivity index (χ3v) is 3.57. The number of nitrogens with one attached hydrogen (secondary N) is 1. The molecule has 0 radical (unpaired) electrons. The highest BCUT2D eigenvalue weighted by Crippen LogP contribution is 2.25. The van der Waals surface area contributed by atoms with Gasteiger partial charge in [0.15, 0.2) is 0 Å². The number of aliphatic hydroxyl groups excluding tert-OH is 1. The lowest BCUT2D eigenvalue weighted by molar-refractivity contribution is -0.119. The molecule has 110 valence electrons. The third kappa shape index (κ3) is 3.16. The summed E-state index contributed by atoms with van der Waals surface area (Å²) in [4.78, 5) is 23.7. The van der Waals surface area contributed by atoms with Crippen LogP contribution in [0.5, 0.6) is 0 Å². The Morgan fingerprint density at radius 2 is 2.40 bits per heavy atom. The van der Waals surface area contributed by atoms with Crippen LogP contribution in [0.15, 0.2) is 12.4 Å². The van der Waals surface area contributed by atoms with E-state index in [1.54, 1.807) is 11.9 Å². The minimum absolute atomic E-state index is 0.0675. The standard InChI is InChI=1S/C13H21N5O2/c1-14-13(20)7-17(2)11-6-12(16-9-15-11)18-5-3-4-10(18)8-19/h6,9-10,19H,3-5,7-8H2,1-2H3,(H,14,20)/t10-/m1/s1. The van der Waals surface area contributed by atoms with Gasteiger partial charge in [-0.15, -0.1) is 0 Å². The molecule has 0 spiro atoms. The Kier molecular flexibility index (Phi) is 4.73. The molecule has 2 heterocycles. The largest absolute Gasteiger partial charge is 0.394 e. The average molecular weight is 279 g/mol. The van der Waals surface area contributed by atoms with Crippen molar-refractivity contribution < 1.29 is 9.90 Å². The number of aromatic nitrogens is 2. The molecule has 1 fully saturated rings. The maximum Gasteiger partial charge on any atom is 0.239 e. The van der Waals surface area contributed by atoms with Gasteiger partial charge in [0.25, 0.3) is 0 Å². The fourth-order valence-corrected chi connectivity index (χ4v) is 2.41. The lowest BCUT2D eigenvalue weighted by Crippen LogP contribution is -2.35. The first kappa shape index (κ1) is 14.5. The first-order valence-corrected chi connectivity index (χ1v) is 6.77. The van der Waals surface area contributed by atoms with Gasteiger partial charge in [-0.1, -0.05) is 0 Å². The van der Waals surface area contributed by atoms with Gasteiger partial charge in [0.05, 0.1) is 19.2 Å². The first-order chi connectivity index (χ1) is 9.65. The maximum atomic E-state index is 11.4. The Morgan fingerprint density at radius 1 is 1.60 bits per heavy atom. The second-order valence-corrected chi connectivity index (χ2v) is 4.94. The third-order valence-electron chi connectivity index (χ3n) is 3.57. The molecule has 0 aromatic carbocycles. The highest BCUT2D eigenvalue weighted by molar-refractivity contribution is 5.80. The molecule has 1 saturated heterocycles. The van der Waals surface area contributed by atoms with Crippen LogP contribution in [0.25, 0.3) is 0 Å². The van der Waals surface area contributed by atoms with Gasteiger partial charge in [-0.3, -0.25) is 4.79 Å². The van der Waals surface area contributed by atoms with E-state index in [2.05, 4.69) is 20.2 Å². The maximum absolute atomic E-state index is 11.4. The van der Waals surface area contributed by atoms with E-state index in [0.717, 1.165) is 25.2 Å². The Bertz CT molecular complexity index is 468. The van der Waals surface area contributed by atoms with Crippen LogP contribution in [0.4, 0.5) is 11.6 Å². The van der Waals surface area contributed by atoms with Gasteiger partial charge in [0.1, 0.15) is 18.0 Å². The van der Waals surface area contributed by atoms with E-state index in [1.165, 1.54) is 6.33 Å². The summed E-state index contributed by atoms with van der Waals surface area (Å²) in [6.45, 7) is 1.27. The van der Waals surface area contributed by atoms with E-state index in [0.29, 0.717) is 5.82 Å². The number of carbonyl (C=O) groups is 1. The normalized spacial score (nSPS) is 18.1. The number of amides is 1. The van der Waals surface area contributed by atoms with Crippen LogP contribution in [-0.4, -0.2) is 60.8 Å². The van der Waals surface area contributed by atoms with E-state index in [1.807, 2.05) is 13.1 Å². The number of carbonyl (C=O) groups excluding carboxylic acids is 1. The zero-order chi connectivity index (χ0) is 14.5. The number of anilines is 2. The number of hydrogen-bond acceptors (Lipinski definition) is 6. The summed E-state index contributed by atoms with van der Waals surface area (Å²) in [6, 6.07) is 1.98. The molecule has 2 N–H and O–H groups in total. The fraction of sp³-hybridized carbons (Fsp3) is 0.615. The van der Waals surface area contributed by atoms with Crippen molar-refractivity contribution in [3.05, 3.63) is 12.4 Å². The lowest BCUT2D eigenvalue weighted by Gasteiger charge is -2.25. The predicted molar refractivity (Wildman–Crippen MR) is 76.8 cm³/mol. The van der Waals surface area contributed by atoms with Crippen molar-refractivity contribution in [2.24, 2.45) is 0 Å². The molecular formula is C13H21N5O2. The second-order valence-electron chi connectivity index (χ2n) is 4.94. The van der Waals surface area contributed by atoms with Crippen molar-refractivity contribution in [2.45, 2.75) is 18.9 Å². The minimum Gasteiger partial charge on any atom is -0.394 e. The number of rotatable bonds is 5. The van der Waals surface area contributed by atoms with E-state index in [4.69, 9.17) is 0 Å². The van der Waals surface area contributed by atoms with E-state index < -0.39 is 0 Å². The molecule has 0 unspecified atom stereocenters. The van der Waals surface area contributed by atoms with Crippen LogP contribution < -0.4 is 15.1 Å². The molecule has 1 aliphatic heterocycles. The van der Waals surface area contributed by atoms with E-state index in [-0.39, 0.29) is 25.1 Å². The van der Waals surface area contributed by atoms with Crippen molar-refractivity contribution in [3.63, 3.8) is 0 Å². The molecule has 1 aliphatic rings. The number of nitrogens with zero attached hydrogens (tertiary/aromatic N) is 4. The molecule has 0 bridgehead atoms. The predicted octanol–water partition coefficient (Wildman–Crippen LogP) is -0.380. The quantitative estimate of drug-likeness (QED) is 0.764. The monoisotopic (exact) mass is 279 g/mol. The summed E-state index contributed by atoms with van der Waals surface area (Å²) >= 11 is 0. The Balaban J connectivity index is 2.13. The number of hydrogen-bond donors (Lipinski definition) is 2. The van der Waals surface area contributed by atoms with Gasteiger partial charge in [-0.2, -0.15) is 0 Å². The number of aliphatic hydroxyl groups is 1. The number of likely N-dealkylation sites (N-methyl/N-ethyl adjacent to an activating group) is 2. The summed E-state index contributed by atoms with van der Waals surface area (Å²) in [7, 11) is 3.42. The Labute approximate surface area is 118 Å². The van der Waals surface area contributed by atoms with Gasteiger partial charge in [-0.05, 0) is 12.8 Å². The Hall–Kier alpha value is -1.89. The van der Waals surface area contributed by atoms with Crippen LogP contribution in [0.1, 0.15) is 12.8 Å². The molecule has 0 saturated carbocycles. The highest BCUT2D eigenvalue weighted by Gasteiger charge is 2.25. The first-order valence-electron chi connectivity index (χ1n) is 6.77. The van der Waals surface area contributed by atoms with Gasteiger partial charge < -0.3 is 20.2 Å². The van der Waals surface area contributed by atoms with Gasteiger partial charge in [0.2, 0.25) is 5.91 Å². The molecule has 7 heteroatoms. The van der Waals surface area contributed by atoms with E-state index in [9.17, 15) is 9.90 Å². The zero-order valence-electron chi connectivity index (χ0n) is 11.9. The van der Waals surface area contributed by atoms with Crippen LogP contribution in [0, 0.1) is 0 Å². The second kappa shape index (κ2) is 6.51. The summed E-state index contributed by atoms with van der Waals surface area (Å²) in [5.74, 6) is 1.43. The van der Waals surface area contributed by atoms with Gasteiger partial charge >= 0.3 is 0 Å². The molecule has 7 nitrogen and oxygen atoms in total. The summed E-state index contributed by atoms with van der Waals surface area (Å²) in [6.07, 6.45) is 3.53. The van der Waals surface area contributed by atoms with Gasteiger partial charge in [-0.25, -0.2) is 9.97 Å². The molecule has 0 aliphatic carbocycles. The molecular weight excluding hydrogens is 258 g/mol. The van der Waals surface area contributed by atoms with Crippen molar-refractivity contribution in [1.82, 2.24) is 15.3 Å². The smallest absolute Gasteiger partial charge is 0.239 e. The Morgan fingerprint density at radius 3 is 3.10 bits per heavy atom. The summed E-state index contributed by atoms with van der Waals surface area (Å²) in [5, 5.41) is 12.0. The van der Waals surface area contributed by atoms with Crippen LogP contribution in [0.3, 0.4) is 0 Å². The molecule has 1 aromatic heterocycles. The molecule has 1 atom stereocenters. The summed E-state index contributed by atoms with van der Waals surface area (Å²) in [5.41, 5.74) is 0. The van der Waals surface area contributed by atoms with Crippen LogP contribution >= 0.6 is 0 Å². The SMILES string of the molecule is CNC(=O)CN(C)c1cc(N2CCC[C@@H]2CO)ncn1. The zero-order valence-corrected chi connectivity index (χ0v) is 11.9. The van der Waals surface area contributed by atoms with Gasteiger partial charge in [0, 0.05) is 26.7 Å². The van der Waals surface area contributed by atoms with Crippen LogP contribution in [0.2, 0.25) is 0 Å². The van der Waals surface area contributed by atoms with Crippen molar-refractivity contribution in [3.8, 4) is 0 Å². The highest BCUT2D eigenvalue weighted by atomic mass is 16.3. The summed E-state index contributed by atoms with van der Waals surface area (Å²) < 4.78 is 0. The minimum atomic E-state index is -0.0675. The molecule has 1 aromatic rings. The van der Waals surface area contributed by atoms with Crippen LogP contribution in [-0.2, 0) is 4.79 Å².